The molecule has 1 N–H and O–H groups in total. The van der Waals surface area contributed by atoms with Crippen molar-refractivity contribution in [3.8, 4) is 0 Å². The molecule has 0 spiro atoms. The zero-order chi connectivity index (χ0) is 13.2. The van der Waals surface area contributed by atoms with Gasteiger partial charge in [-0.05, 0) is 41.5 Å². The van der Waals surface area contributed by atoms with E-state index in [2.05, 4.69) is 37.5 Å². The summed E-state index contributed by atoms with van der Waals surface area (Å²) in [5.74, 6) is 0. The van der Waals surface area contributed by atoms with Crippen molar-refractivity contribution in [1.82, 2.24) is 14.6 Å². The number of nitrogens with one attached hydrogen (secondary N) is 1. The highest BCUT2D eigenvalue weighted by atomic mass is 79.9. The van der Waals surface area contributed by atoms with Crippen LogP contribution < -0.4 is 4.72 Å². The van der Waals surface area contributed by atoms with Crippen LogP contribution in [0.25, 0.3) is 0 Å². The Morgan fingerprint density at radius 2 is 2.33 bits per heavy atom. The van der Waals surface area contributed by atoms with Gasteiger partial charge in [0.05, 0.1) is 0 Å². The van der Waals surface area contributed by atoms with Gasteiger partial charge in [0.1, 0.15) is 4.90 Å². The van der Waals surface area contributed by atoms with Gasteiger partial charge in [-0.25, -0.2) is 13.1 Å². The highest BCUT2D eigenvalue weighted by molar-refractivity contribution is 9.10. The van der Waals surface area contributed by atoms with Crippen molar-refractivity contribution < 1.29 is 8.42 Å². The summed E-state index contributed by atoms with van der Waals surface area (Å²) in [5.41, 5.74) is 0. The molecule has 0 radical (unpaired) electrons. The number of likely N-dealkylation sites (N-methyl/N-ethyl adjacent to an activating group) is 1. The van der Waals surface area contributed by atoms with Crippen molar-refractivity contribution in [2.24, 2.45) is 0 Å². The Kier molecular flexibility index (Phi) is 4.37. The number of likely N-dealkylation sites (tertiary alicyclic amines) is 1. The van der Waals surface area contributed by atoms with Crippen LogP contribution in [0.2, 0.25) is 0 Å². The maximum absolute atomic E-state index is 12.1. The first-order valence-corrected chi connectivity index (χ1v) is 8.14. The first kappa shape index (κ1) is 13.9. The van der Waals surface area contributed by atoms with Crippen LogP contribution in [0.5, 0.6) is 0 Å². The summed E-state index contributed by atoms with van der Waals surface area (Å²) in [6.45, 7) is 4.75. The number of halogens is 1. The van der Waals surface area contributed by atoms with Gasteiger partial charge >= 0.3 is 0 Å². The van der Waals surface area contributed by atoms with Gasteiger partial charge in [-0.1, -0.05) is 6.92 Å². The Morgan fingerprint density at radius 3 is 2.94 bits per heavy atom. The molecule has 1 aliphatic heterocycles. The summed E-state index contributed by atoms with van der Waals surface area (Å²) in [5, 5.41) is 0. The van der Waals surface area contributed by atoms with E-state index in [0.29, 0.717) is 4.47 Å². The smallest absolute Gasteiger partial charge is 0.242 e. The molecule has 0 unspecified atom stereocenters. The zero-order valence-corrected chi connectivity index (χ0v) is 12.5. The monoisotopic (exact) mass is 333 g/mol. The van der Waals surface area contributed by atoms with E-state index >= 15 is 0 Å². The molecule has 1 fully saturated rings. The van der Waals surface area contributed by atoms with Crippen molar-refractivity contribution in [3.05, 3.63) is 22.9 Å². The van der Waals surface area contributed by atoms with Gasteiger partial charge in [0, 0.05) is 29.5 Å². The second-order valence-corrected chi connectivity index (χ2v) is 6.97. The Balaban J connectivity index is 2.09. The first-order valence-electron chi connectivity index (χ1n) is 5.86. The van der Waals surface area contributed by atoms with Gasteiger partial charge in [-0.15, -0.1) is 0 Å². The van der Waals surface area contributed by atoms with E-state index in [0.717, 1.165) is 26.1 Å². The predicted molar refractivity (Wildman–Crippen MR) is 72.8 cm³/mol. The van der Waals surface area contributed by atoms with Gasteiger partial charge in [-0.3, -0.25) is 4.98 Å². The Morgan fingerprint density at radius 1 is 1.56 bits per heavy atom. The van der Waals surface area contributed by atoms with Gasteiger partial charge in [0.15, 0.2) is 0 Å². The van der Waals surface area contributed by atoms with Crippen LogP contribution in [0.15, 0.2) is 27.8 Å². The fourth-order valence-electron chi connectivity index (χ4n) is 2.04. The van der Waals surface area contributed by atoms with Crippen molar-refractivity contribution in [2.75, 3.05) is 19.6 Å². The van der Waals surface area contributed by atoms with E-state index in [1.165, 1.54) is 6.20 Å². The number of sulfonamides is 1. The molecule has 0 bridgehead atoms. The standard InChI is InChI=1S/C11H16BrN3O2S/c1-2-15-4-3-10(8-15)14-18(16,17)11-5-9(12)6-13-7-11/h5-7,10,14H,2-4,8H2,1H3/t10-/m1/s1. The lowest BCUT2D eigenvalue weighted by atomic mass is 10.3. The minimum absolute atomic E-state index is 0.00562. The van der Waals surface area contributed by atoms with Gasteiger partial charge in [0.2, 0.25) is 10.0 Å². The van der Waals surface area contributed by atoms with Crippen LogP contribution in [0.3, 0.4) is 0 Å². The molecule has 2 rings (SSSR count). The van der Waals surface area contributed by atoms with Gasteiger partial charge in [-0.2, -0.15) is 0 Å². The summed E-state index contributed by atoms with van der Waals surface area (Å²) >= 11 is 3.23. The zero-order valence-electron chi connectivity index (χ0n) is 10.1. The molecule has 1 atom stereocenters. The SMILES string of the molecule is CCN1CC[C@@H](NS(=O)(=O)c2cncc(Br)c2)C1. The maximum atomic E-state index is 12.1. The lowest BCUT2D eigenvalue weighted by molar-refractivity contribution is 0.351. The second kappa shape index (κ2) is 5.64. The number of aromatic nitrogens is 1. The fraction of sp³-hybridized carbons (Fsp3) is 0.545. The van der Waals surface area contributed by atoms with Crippen LogP contribution in [-0.2, 0) is 10.0 Å². The first-order chi connectivity index (χ1) is 8.51. The lowest BCUT2D eigenvalue weighted by Gasteiger charge is -2.14. The van der Waals surface area contributed by atoms with Crippen LogP contribution in [0, 0.1) is 0 Å². The molecular formula is C11H16BrN3O2S. The minimum Gasteiger partial charge on any atom is -0.302 e. The highest BCUT2D eigenvalue weighted by Gasteiger charge is 2.26. The van der Waals surface area contributed by atoms with E-state index in [1.807, 2.05) is 0 Å². The topological polar surface area (TPSA) is 62.3 Å². The predicted octanol–water partition coefficient (Wildman–Crippen LogP) is 1.22. The molecular weight excluding hydrogens is 318 g/mol. The molecule has 0 aliphatic carbocycles. The van der Waals surface area contributed by atoms with Crippen LogP contribution in [0.4, 0.5) is 0 Å². The number of pyridine rings is 1. The quantitative estimate of drug-likeness (QED) is 0.899. The Bertz CT molecular complexity index is 521. The molecule has 0 amide bonds. The Labute approximate surface area is 116 Å². The molecule has 7 heteroatoms. The molecule has 5 nitrogen and oxygen atoms in total. The second-order valence-electron chi connectivity index (χ2n) is 4.34. The van der Waals surface area contributed by atoms with E-state index in [4.69, 9.17) is 0 Å². The normalized spacial score (nSPS) is 21.3. The van der Waals surface area contributed by atoms with Crippen molar-refractivity contribution in [1.29, 1.82) is 0 Å². The molecule has 18 heavy (non-hydrogen) atoms. The summed E-state index contributed by atoms with van der Waals surface area (Å²) in [6, 6.07) is 1.55. The van der Waals surface area contributed by atoms with Crippen LogP contribution >= 0.6 is 15.9 Å². The third-order valence-corrected chi connectivity index (χ3v) is 4.95. The van der Waals surface area contributed by atoms with Crippen molar-refractivity contribution in [2.45, 2.75) is 24.3 Å². The lowest BCUT2D eigenvalue weighted by Crippen LogP contribution is -2.37. The number of hydrogen-bond donors (Lipinski definition) is 1. The van der Waals surface area contributed by atoms with Crippen molar-refractivity contribution >= 4 is 26.0 Å². The van der Waals surface area contributed by atoms with E-state index in [9.17, 15) is 8.42 Å². The van der Waals surface area contributed by atoms with Gasteiger partial charge < -0.3 is 4.90 Å². The van der Waals surface area contributed by atoms with Crippen molar-refractivity contribution in [3.63, 3.8) is 0 Å². The Hall–Kier alpha value is -0.500. The maximum Gasteiger partial charge on any atom is 0.242 e. The number of hydrogen-bond acceptors (Lipinski definition) is 4. The number of nitrogens with zero attached hydrogens (tertiary/aromatic N) is 2. The third-order valence-electron chi connectivity index (χ3n) is 3.03. The molecule has 1 saturated heterocycles. The van der Waals surface area contributed by atoms with Crippen LogP contribution in [0.1, 0.15) is 13.3 Å². The number of rotatable bonds is 4. The molecule has 100 valence electrons. The van der Waals surface area contributed by atoms with Gasteiger partial charge in [0.25, 0.3) is 0 Å². The summed E-state index contributed by atoms with van der Waals surface area (Å²) in [6.07, 6.45) is 3.78. The average molecular weight is 334 g/mol. The molecule has 0 aromatic carbocycles. The van der Waals surface area contributed by atoms with Crippen LogP contribution in [-0.4, -0.2) is 44.0 Å². The average Bonchev–Trinajstić information content (AvgIpc) is 2.76. The molecule has 1 aliphatic rings. The molecule has 1 aromatic heterocycles. The largest absolute Gasteiger partial charge is 0.302 e. The summed E-state index contributed by atoms with van der Waals surface area (Å²) in [7, 11) is -3.47. The fourth-order valence-corrected chi connectivity index (χ4v) is 3.81. The summed E-state index contributed by atoms with van der Waals surface area (Å²) < 4.78 is 27.7. The molecule has 0 saturated carbocycles. The van der Waals surface area contributed by atoms with E-state index < -0.39 is 10.0 Å². The minimum atomic E-state index is -3.47. The summed E-state index contributed by atoms with van der Waals surface area (Å²) in [4.78, 5) is 6.31. The van der Waals surface area contributed by atoms with E-state index in [-0.39, 0.29) is 10.9 Å². The third kappa shape index (κ3) is 3.28. The highest BCUT2D eigenvalue weighted by Crippen LogP contribution is 2.16. The van der Waals surface area contributed by atoms with E-state index in [1.54, 1.807) is 12.3 Å². The molecule has 2 heterocycles. The molecule has 1 aromatic rings.